The van der Waals surface area contributed by atoms with E-state index in [-0.39, 0.29) is 30.5 Å². The van der Waals surface area contributed by atoms with Gasteiger partial charge in [-0.25, -0.2) is 9.78 Å². The number of hydrogen-bond donors (Lipinski definition) is 3. The normalized spacial score (nSPS) is 17.6. The average Bonchev–Trinajstić information content (AvgIpc) is 3.27. The first-order valence-electron chi connectivity index (χ1n) is 10.3. The summed E-state index contributed by atoms with van der Waals surface area (Å²) in [5.74, 6) is -0.269. The van der Waals surface area contributed by atoms with Gasteiger partial charge >= 0.3 is 6.03 Å². The Morgan fingerprint density at radius 3 is 2.55 bits per heavy atom. The molecule has 2 atom stereocenters. The molecule has 2 aromatic heterocycles. The Balaban J connectivity index is 1.46. The van der Waals surface area contributed by atoms with Gasteiger partial charge < -0.3 is 15.3 Å². The van der Waals surface area contributed by atoms with E-state index in [1.807, 2.05) is 0 Å². The van der Waals surface area contributed by atoms with E-state index in [4.69, 9.17) is 11.6 Å². The van der Waals surface area contributed by atoms with Crippen LogP contribution in [0.3, 0.4) is 0 Å². The van der Waals surface area contributed by atoms with Crippen molar-refractivity contribution < 1.29 is 14.7 Å². The molecule has 33 heavy (non-hydrogen) atoms. The standard InChI is InChI=1S/C23H22ClN5O4/c24-16-4-9-20(25-12-16)27-23(33)29-13-15(14-30)11-19(29)22(32)26-17-5-7-18(8-6-17)28-10-2-1-3-21(28)31/h1-10,12,15,19,30H,11,13-14H2,(H,26,32)(H,25,27,33)/t15-,19-/m1/s1. The minimum absolute atomic E-state index is 0.132. The number of aromatic nitrogens is 2. The highest BCUT2D eigenvalue weighted by atomic mass is 35.5. The van der Waals surface area contributed by atoms with Gasteiger partial charge in [0.05, 0.1) is 5.02 Å². The first-order valence-corrected chi connectivity index (χ1v) is 10.7. The van der Waals surface area contributed by atoms with Crippen molar-refractivity contribution in [3.05, 3.63) is 82.4 Å². The molecule has 0 spiro atoms. The summed E-state index contributed by atoms with van der Waals surface area (Å²) in [4.78, 5) is 43.2. The third-order valence-electron chi connectivity index (χ3n) is 5.41. The van der Waals surface area contributed by atoms with Crippen molar-refractivity contribution in [3.63, 3.8) is 0 Å². The van der Waals surface area contributed by atoms with Crippen LogP contribution in [0.5, 0.6) is 0 Å². The smallest absolute Gasteiger partial charge is 0.323 e. The molecule has 170 valence electrons. The number of likely N-dealkylation sites (tertiary alicyclic amines) is 1. The minimum atomic E-state index is -0.758. The number of urea groups is 1. The molecule has 3 heterocycles. The van der Waals surface area contributed by atoms with Crippen molar-refractivity contribution >= 4 is 35.0 Å². The molecular formula is C23H22ClN5O4. The largest absolute Gasteiger partial charge is 0.396 e. The third kappa shape index (κ3) is 5.21. The lowest BCUT2D eigenvalue weighted by Crippen LogP contribution is -2.45. The SMILES string of the molecule is O=C(Nc1ccc(-n2ccccc2=O)cc1)[C@H]1C[C@@H](CO)CN1C(=O)Nc1ccc(Cl)cn1. The summed E-state index contributed by atoms with van der Waals surface area (Å²) in [6.45, 7) is 0.108. The van der Waals surface area contributed by atoms with E-state index in [2.05, 4.69) is 15.6 Å². The second-order valence-corrected chi connectivity index (χ2v) is 8.13. The Bertz CT molecular complexity index is 1200. The Labute approximate surface area is 194 Å². The molecule has 4 rings (SSSR count). The van der Waals surface area contributed by atoms with Gasteiger partial charge in [-0.15, -0.1) is 0 Å². The van der Waals surface area contributed by atoms with Gasteiger partial charge in [-0.1, -0.05) is 17.7 Å². The number of nitrogens with zero attached hydrogens (tertiary/aromatic N) is 3. The van der Waals surface area contributed by atoms with Gasteiger partial charge in [0.2, 0.25) is 5.91 Å². The molecule has 10 heteroatoms. The Morgan fingerprint density at radius 1 is 1.09 bits per heavy atom. The molecular weight excluding hydrogens is 446 g/mol. The van der Waals surface area contributed by atoms with E-state index >= 15 is 0 Å². The van der Waals surface area contributed by atoms with Crippen LogP contribution in [0.1, 0.15) is 6.42 Å². The lowest BCUT2D eigenvalue weighted by molar-refractivity contribution is -0.119. The molecule has 3 amide bonds. The maximum atomic E-state index is 13.0. The van der Waals surface area contributed by atoms with Gasteiger partial charge in [-0.3, -0.25) is 19.5 Å². The molecule has 0 aliphatic carbocycles. The molecule has 3 N–H and O–H groups in total. The quantitative estimate of drug-likeness (QED) is 0.533. The van der Waals surface area contributed by atoms with Gasteiger partial charge in [0.25, 0.3) is 5.56 Å². The Morgan fingerprint density at radius 2 is 1.88 bits per heavy atom. The number of carbonyl (C=O) groups excluding carboxylic acids is 2. The fraction of sp³-hybridized carbons (Fsp3) is 0.217. The molecule has 1 aliphatic heterocycles. The lowest BCUT2D eigenvalue weighted by atomic mass is 10.1. The van der Waals surface area contributed by atoms with Crippen LogP contribution in [0.15, 0.2) is 71.8 Å². The second kappa shape index (κ2) is 9.85. The Kier molecular flexibility index (Phi) is 6.71. The number of amides is 3. The van der Waals surface area contributed by atoms with Crippen LogP contribution in [-0.2, 0) is 4.79 Å². The van der Waals surface area contributed by atoms with Gasteiger partial charge in [0.15, 0.2) is 0 Å². The maximum absolute atomic E-state index is 13.0. The highest BCUT2D eigenvalue weighted by Gasteiger charge is 2.39. The molecule has 1 fully saturated rings. The fourth-order valence-electron chi connectivity index (χ4n) is 3.73. The van der Waals surface area contributed by atoms with E-state index in [1.54, 1.807) is 54.7 Å². The number of pyridine rings is 2. The molecule has 0 saturated carbocycles. The number of benzene rings is 1. The first kappa shape index (κ1) is 22.5. The maximum Gasteiger partial charge on any atom is 0.323 e. The monoisotopic (exact) mass is 467 g/mol. The van der Waals surface area contributed by atoms with Crippen LogP contribution in [0.4, 0.5) is 16.3 Å². The number of carbonyl (C=O) groups is 2. The van der Waals surface area contributed by atoms with Crippen LogP contribution in [0.25, 0.3) is 5.69 Å². The molecule has 0 bridgehead atoms. The van der Waals surface area contributed by atoms with Crippen molar-refractivity contribution in [2.75, 3.05) is 23.8 Å². The summed E-state index contributed by atoms with van der Waals surface area (Å²) in [6, 6.07) is 13.6. The zero-order chi connectivity index (χ0) is 23.4. The molecule has 0 unspecified atom stereocenters. The van der Waals surface area contributed by atoms with Gasteiger partial charge in [-0.2, -0.15) is 0 Å². The van der Waals surface area contributed by atoms with E-state index in [9.17, 15) is 19.5 Å². The molecule has 3 aromatic rings. The summed E-state index contributed by atoms with van der Waals surface area (Å²) < 4.78 is 1.49. The number of halogens is 1. The molecule has 1 aromatic carbocycles. The van der Waals surface area contributed by atoms with Gasteiger partial charge in [0.1, 0.15) is 11.9 Å². The van der Waals surface area contributed by atoms with Crippen LogP contribution >= 0.6 is 11.6 Å². The molecule has 1 saturated heterocycles. The minimum Gasteiger partial charge on any atom is -0.396 e. The molecule has 0 radical (unpaired) electrons. The lowest BCUT2D eigenvalue weighted by Gasteiger charge is -2.24. The van der Waals surface area contributed by atoms with Crippen molar-refractivity contribution in [3.8, 4) is 5.69 Å². The first-order chi connectivity index (χ1) is 15.9. The Hall–Kier alpha value is -3.69. The number of aliphatic hydroxyl groups excluding tert-OH is 1. The van der Waals surface area contributed by atoms with Gasteiger partial charge in [-0.05, 0) is 48.9 Å². The zero-order valence-corrected chi connectivity index (χ0v) is 18.3. The summed E-state index contributed by atoms with van der Waals surface area (Å²) in [5.41, 5.74) is 1.03. The number of rotatable bonds is 5. The summed E-state index contributed by atoms with van der Waals surface area (Å²) in [7, 11) is 0. The highest BCUT2D eigenvalue weighted by Crippen LogP contribution is 2.25. The van der Waals surface area contributed by atoms with E-state index in [0.29, 0.717) is 28.6 Å². The van der Waals surface area contributed by atoms with Crippen LogP contribution in [0, 0.1) is 5.92 Å². The number of hydrogen-bond acceptors (Lipinski definition) is 5. The van der Waals surface area contributed by atoms with Crippen LogP contribution in [-0.4, -0.2) is 50.7 Å². The fourth-order valence-corrected chi connectivity index (χ4v) is 3.84. The van der Waals surface area contributed by atoms with E-state index in [1.165, 1.54) is 21.7 Å². The third-order valence-corrected chi connectivity index (χ3v) is 5.63. The number of anilines is 2. The summed E-state index contributed by atoms with van der Waals surface area (Å²) in [5, 5.41) is 15.5. The molecule has 1 aliphatic rings. The summed E-state index contributed by atoms with van der Waals surface area (Å²) in [6.07, 6.45) is 3.41. The average molecular weight is 468 g/mol. The second-order valence-electron chi connectivity index (χ2n) is 7.69. The van der Waals surface area contributed by atoms with E-state index < -0.39 is 12.1 Å². The number of aliphatic hydroxyl groups is 1. The molecule has 9 nitrogen and oxygen atoms in total. The van der Waals surface area contributed by atoms with Crippen LogP contribution in [0.2, 0.25) is 5.02 Å². The van der Waals surface area contributed by atoms with Crippen LogP contribution < -0.4 is 16.2 Å². The van der Waals surface area contributed by atoms with E-state index in [0.717, 1.165) is 0 Å². The van der Waals surface area contributed by atoms with Crippen molar-refractivity contribution in [2.45, 2.75) is 12.5 Å². The van der Waals surface area contributed by atoms with Crippen molar-refractivity contribution in [1.29, 1.82) is 0 Å². The topological polar surface area (TPSA) is 117 Å². The zero-order valence-electron chi connectivity index (χ0n) is 17.5. The predicted molar refractivity (Wildman–Crippen MR) is 125 cm³/mol. The highest BCUT2D eigenvalue weighted by molar-refractivity contribution is 6.30. The number of nitrogens with one attached hydrogen (secondary N) is 2. The summed E-state index contributed by atoms with van der Waals surface area (Å²) >= 11 is 5.82. The predicted octanol–water partition coefficient (Wildman–Crippen LogP) is 2.74. The van der Waals surface area contributed by atoms with Crippen molar-refractivity contribution in [1.82, 2.24) is 14.5 Å². The van der Waals surface area contributed by atoms with Crippen molar-refractivity contribution in [2.24, 2.45) is 5.92 Å². The van der Waals surface area contributed by atoms with Gasteiger partial charge in [0, 0.05) is 48.9 Å².